The molecule has 0 aliphatic heterocycles. The average Bonchev–Trinajstić information content (AvgIpc) is 2.89. The Bertz CT molecular complexity index is 1690. The average molecular weight is 521 g/mol. The van der Waals surface area contributed by atoms with Crippen LogP contribution in [0.25, 0.3) is 10.9 Å². The molecule has 37 heavy (non-hydrogen) atoms. The Hall–Kier alpha value is -4.02. The van der Waals surface area contributed by atoms with Crippen molar-refractivity contribution in [1.29, 1.82) is 0 Å². The number of rotatable bonds is 7. The number of hydrogen-bond donors (Lipinski definition) is 2. The molecule has 0 fully saturated rings. The fourth-order valence-corrected chi connectivity index (χ4v) is 5.26. The zero-order chi connectivity index (χ0) is 26.9. The first kappa shape index (κ1) is 26.1. The van der Waals surface area contributed by atoms with Gasteiger partial charge < -0.3 is 5.32 Å². The van der Waals surface area contributed by atoms with Gasteiger partial charge >= 0.3 is 5.69 Å². The van der Waals surface area contributed by atoms with Crippen LogP contribution in [0.3, 0.4) is 0 Å². The second-order valence-corrected chi connectivity index (χ2v) is 10.8. The van der Waals surface area contributed by atoms with Crippen LogP contribution in [0.5, 0.6) is 0 Å². The molecule has 1 atom stereocenters. The number of hydrogen-bond acceptors (Lipinski definition) is 5. The molecule has 1 aromatic heterocycles. The van der Waals surface area contributed by atoms with Gasteiger partial charge in [-0.05, 0) is 47.4 Å². The second kappa shape index (κ2) is 10.2. The Balaban J connectivity index is 1.70. The van der Waals surface area contributed by atoms with Crippen LogP contribution in [-0.4, -0.2) is 23.5 Å². The molecule has 1 heterocycles. The monoisotopic (exact) mass is 520 g/mol. The van der Waals surface area contributed by atoms with E-state index < -0.39 is 33.2 Å². The number of nitrogens with one attached hydrogen (secondary N) is 2. The summed E-state index contributed by atoms with van der Waals surface area (Å²) in [5.41, 5.74) is 1.25. The number of aryl methyl sites for hydroxylation is 1. The van der Waals surface area contributed by atoms with E-state index in [0.29, 0.717) is 22.7 Å². The molecule has 0 spiro atoms. The summed E-state index contributed by atoms with van der Waals surface area (Å²) in [5, 5.41) is 2.85. The molecule has 192 valence electrons. The summed E-state index contributed by atoms with van der Waals surface area (Å²) in [6.45, 7) is 4.13. The van der Waals surface area contributed by atoms with E-state index in [1.165, 1.54) is 36.9 Å². The van der Waals surface area contributed by atoms with Gasteiger partial charge in [-0.2, -0.15) is 4.72 Å². The smallest absolute Gasteiger partial charge is 0.324 e. The Kier molecular flexibility index (Phi) is 7.15. The zero-order valence-corrected chi connectivity index (χ0v) is 21.7. The van der Waals surface area contributed by atoms with Crippen LogP contribution in [0.4, 0.5) is 5.69 Å². The number of sulfonamides is 1. The van der Waals surface area contributed by atoms with Crippen LogP contribution in [-0.2, 0) is 28.9 Å². The molecule has 10 heteroatoms. The van der Waals surface area contributed by atoms with Crippen molar-refractivity contribution in [2.75, 3.05) is 5.32 Å². The third kappa shape index (κ3) is 5.25. The van der Waals surface area contributed by atoms with Crippen molar-refractivity contribution >= 4 is 32.5 Å². The first-order valence-corrected chi connectivity index (χ1v) is 13.2. The molecule has 0 saturated heterocycles. The number of benzene rings is 3. The van der Waals surface area contributed by atoms with Gasteiger partial charge in [-0.15, -0.1) is 0 Å². The van der Waals surface area contributed by atoms with Gasteiger partial charge in [0.15, 0.2) is 0 Å². The third-order valence-electron chi connectivity index (χ3n) is 6.26. The van der Waals surface area contributed by atoms with Crippen molar-refractivity contribution in [3.8, 4) is 0 Å². The first-order valence-electron chi connectivity index (χ1n) is 11.7. The first-order chi connectivity index (χ1) is 17.5. The Morgan fingerprint density at radius 2 is 1.49 bits per heavy atom. The SMILES string of the molecule is CC(C)c1ccc(NC(=O)[C@@H](NS(=O)(=O)c2ccc3c(c2)c(=O)n(C)c(=O)n3C)c2ccccc2)cc1. The number of carbonyl (C=O) groups excluding carboxylic acids is 1. The number of fused-ring (bicyclic) bond motifs is 1. The van der Waals surface area contributed by atoms with Gasteiger partial charge in [0.25, 0.3) is 5.56 Å². The lowest BCUT2D eigenvalue weighted by Gasteiger charge is -2.19. The molecule has 0 unspecified atom stereocenters. The lowest BCUT2D eigenvalue weighted by Crippen LogP contribution is -2.38. The van der Waals surface area contributed by atoms with Gasteiger partial charge in [-0.3, -0.25) is 18.7 Å². The van der Waals surface area contributed by atoms with E-state index in [1.807, 2.05) is 12.1 Å². The van der Waals surface area contributed by atoms with Crippen LogP contribution in [0, 0.1) is 0 Å². The number of anilines is 1. The fourth-order valence-electron chi connectivity index (χ4n) is 4.05. The third-order valence-corrected chi connectivity index (χ3v) is 7.68. The standard InChI is InChI=1S/C27H28N4O5S/c1-17(2)18-10-12-20(13-11-18)28-25(32)24(19-8-6-5-7-9-19)29-37(35,36)21-14-15-23-22(16-21)26(33)31(4)27(34)30(23)3/h5-17,24,29H,1-4H3,(H,28,32)/t24-/m0/s1. The van der Waals surface area contributed by atoms with Crippen molar-refractivity contribution in [2.45, 2.75) is 30.7 Å². The van der Waals surface area contributed by atoms with Gasteiger partial charge in [0, 0.05) is 19.8 Å². The van der Waals surface area contributed by atoms with E-state index in [9.17, 15) is 22.8 Å². The lowest BCUT2D eigenvalue weighted by molar-refractivity contribution is -0.117. The second-order valence-electron chi connectivity index (χ2n) is 9.12. The summed E-state index contributed by atoms with van der Waals surface area (Å²) in [4.78, 5) is 38.0. The quantitative estimate of drug-likeness (QED) is 0.388. The molecule has 4 aromatic rings. The molecule has 0 aliphatic carbocycles. The normalized spacial score (nSPS) is 12.6. The molecule has 2 N–H and O–H groups in total. The number of amides is 1. The minimum absolute atomic E-state index is 0.0680. The summed E-state index contributed by atoms with van der Waals surface area (Å²) in [7, 11) is -1.43. The highest BCUT2D eigenvalue weighted by Gasteiger charge is 2.28. The van der Waals surface area contributed by atoms with Gasteiger partial charge in [-0.25, -0.2) is 13.2 Å². The van der Waals surface area contributed by atoms with Crippen LogP contribution in [0.1, 0.15) is 36.9 Å². The fraction of sp³-hybridized carbons (Fsp3) is 0.222. The number of carbonyl (C=O) groups is 1. The highest BCUT2D eigenvalue weighted by Crippen LogP contribution is 2.23. The van der Waals surface area contributed by atoms with Gasteiger partial charge in [-0.1, -0.05) is 56.3 Å². The van der Waals surface area contributed by atoms with Crippen LogP contribution in [0.2, 0.25) is 0 Å². The predicted octanol–water partition coefficient (Wildman–Crippen LogP) is 3.02. The van der Waals surface area contributed by atoms with E-state index in [0.717, 1.165) is 10.1 Å². The van der Waals surface area contributed by atoms with Crippen molar-refractivity contribution in [1.82, 2.24) is 13.9 Å². The largest absolute Gasteiger partial charge is 0.330 e. The Morgan fingerprint density at radius 1 is 0.838 bits per heavy atom. The van der Waals surface area contributed by atoms with Crippen molar-refractivity contribution in [3.63, 3.8) is 0 Å². The number of nitrogens with zero attached hydrogens (tertiary/aromatic N) is 2. The zero-order valence-electron chi connectivity index (χ0n) is 20.9. The summed E-state index contributed by atoms with van der Waals surface area (Å²) in [6.07, 6.45) is 0. The Morgan fingerprint density at radius 3 is 2.11 bits per heavy atom. The molecular weight excluding hydrogens is 492 g/mol. The predicted molar refractivity (Wildman–Crippen MR) is 143 cm³/mol. The summed E-state index contributed by atoms with van der Waals surface area (Å²) in [5.74, 6) is -0.235. The molecule has 0 saturated carbocycles. The molecule has 3 aromatic carbocycles. The Labute approximate surface area is 214 Å². The lowest BCUT2D eigenvalue weighted by atomic mass is 10.0. The van der Waals surface area contributed by atoms with E-state index in [2.05, 4.69) is 23.9 Å². The maximum atomic E-state index is 13.4. The highest BCUT2D eigenvalue weighted by atomic mass is 32.2. The van der Waals surface area contributed by atoms with E-state index >= 15 is 0 Å². The molecule has 4 rings (SSSR count). The van der Waals surface area contributed by atoms with Crippen molar-refractivity contribution in [2.24, 2.45) is 14.1 Å². The summed E-state index contributed by atoms with van der Waals surface area (Å²) in [6, 6.07) is 18.5. The molecule has 9 nitrogen and oxygen atoms in total. The van der Waals surface area contributed by atoms with Crippen molar-refractivity contribution in [3.05, 3.63) is 105 Å². The van der Waals surface area contributed by atoms with Gasteiger partial charge in [0.05, 0.1) is 15.8 Å². The van der Waals surface area contributed by atoms with E-state index in [-0.39, 0.29) is 10.3 Å². The maximum Gasteiger partial charge on any atom is 0.330 e. The summed E-state index contributed by atoms with van der Waals surface area (Å²) >= 11 is 0. The summed E-state index contributed by atoms with van der Waals surface area (Å²) < 4.78 is 31.5. The minimum Gasteiger partial charge on any atom is -0.324 e. The molecule has 0 bridgehead atoms. The van der Waals surface area contributed by atoms with Crippen molar-refractivity contribution < 1.29 is 13.2 Å². The van der Waals surface area contributed by atoms with E-state index in [4.69, 9.17) is 0 Å². The van der Waals surface area contributed by atoms with Crippen LogP contribution in [0.15, 0.2) is 87.3 Å². The van der Waals surface area contributed by atoms with Crippen LogP contribution < -0.4 is 21.3 Å². The van der Waals surface area contributed by atoms with Gasteiger partial charge in [0.2, 0.25) is 15.9 Å². The number of aromatic nitrogens is 2. The highest BCUT2D eigenvalue weighted by molar-refractivity contribution is 7.89. The van der Waals surface area contributed by atoms with Crippen LogP contribution >= 0.6 is 0 Å². The molecule has 0 aliphatic rings. The maximum absolute atomic E-state index is 13.4. The topological polar surface area (TPSA) is 119 Å². The van der Waals surface area contributed by atoms with E-state index in [1.54, 1.807) is 42.5 Å². The minimum atomic E-state index is -4.25. The molecular formula is C27H28N4O5S. The molecule has 1 amide bonds. The van der Waals surface area contributed by atoms with Gasteiger partial charge in [0.1, 0.15) is 6.04 Å². The molecule has 0 radical (unpaired) electrons.